The van der Waals surface area contributed by atoms with Crippen LogP contribution in [0.4, 0.5) is 0 Å². The van der Waals surface area contributed by atoms with Gasteiger partial charge < -0.3 is 4.74 Å². The number of aromatic nitrogens is 4. The van der Waals surface area contributed by atoms with Crippen LogP contribution in [0, 0.1) is 18.3 Å². The van der Waals surface area contributed by atoms with E-state index < -0.39 is 0 Å². The summed E-state index contributed by atoms with van der Waals surface area (Å²) in [6.45, 7) is 6.69. The minimum absolute atomic E-state index is 0.596. The Morgan fingerprint density at radius 1 is 1.16 bits per heavy atom. The number of nitrogens with zero attached hydrogens (tertiary/aromatic N) is 5. The van der Waals surface area contributed by atoms with E-state index in [9.17, 15) is 0 Å². The Kier molecular flexibility index (Phi) is 5.10. The van der Waals surface area contributed by atoms with E-state index in [4.69, 9.17) is 15.1 Å². The van der Waals surface area contributed by atoms with Gasteiger partial charge in [-0.25, -0.2) is 0 Å². The number of hydrogen-bond acceptors (Lipinski definition) is 6. The quantitative estimate of drug-likeness (QED) is 0.672. The maximum atomic E-state index is 8.91. The van der Waals surface area contributed by atoms with Crippen LogP contribution >= 0.6 is 11.3 Å². The number of benzene rings is 1. The van der Waals surface area contributed by atoms with Crippen molar-refractivity contribution >= 4 is 11.3 Å². The van der Waals surface area contributed by atoms with Crippen LogP contribution < -0.4 is 4.74 Å². The molecule has 2 aromatic heterocycles. The van der Waals surface area contributed by atoms with Crippen molar-refractivity contribution in [1.29, 1.82) is 5.26 Å². The molecule has 0 bridgehead atoms. The number of hydrogen-bond donors (Lipinski definition) is 0. The van der Waals surface area contributed by atoms with Crippen molar-refractivity contribution < 1.29 is 4.74 Å². The zero-order chi connectivity index (χ0) is 17.8. The summed E-state index contributed by atoms with van der Waals surface area (Å²) in [5.74, 6) is 1.51. The van der Waals surface area contributed by atoms with Gasteiger partial charge in [0.2, 0.25) is 0 Å². The highest BCUT2D eigenvalue weighted by Gasteiger charge is 2.19. The van der Waals surface area contributed by atoms with Gasteiger partial charge in [-0.2, -0.15) is 10.4 Å². The van der Waals surface area contributed by atoms with E-state index in [1.54, 1.807) is 23.5 Å². The molecule has 0 N–H and O–H groups in total. The largest absolute Gasteiger partial charge is 0.453 e. The molecule has 7 heteroatoms. The first kappa shape index (κ1) is 17.1. The van der Waals surface area contributed by atoms with E-state index in [1.807, 2.05) is 23.7 Å². The van der Waals surface area contributed by atoms with Crippen molar-refractivity contribution in [3.05, 3.63) is 51.2 Å². The second-order valence-electron chi connectivity index (χ2n) is 5.54. The first-order valence-electron chi connectivity index (χ1n) is 8.20. The van der Waals surface area contributed by atoms with Crippen molar-refractivity contribution in [2.45, 2.75) is 40.2 Å². The average molecular weight is 353 g/mol. The van der Waals surface area contributed by atoms with E-state index in [-0.39, 0.29) is 0 Å². The number of ether oxygens (including phenoxy) is 1. The summed E-state index contributed by atoms with van der Waals surface area (Å²) in [6.07, 6.45) is 1.58. The lowest BCUT2D eigenvalue weighted by atomic mass is 10.2. The molecule has 0 aliphatic carbocycles. The third-order valence-electron chi connectivity index (χ3n) is 3.80. The molecule has 6 nitrogen and oxygen atoms in total. The van der Waals surface area contributed by atoms with Crippen LogP contribution in [0.15, 0.2) is 24.3 Å². The molecule has 0 radical (unpaired) electrons. The van der Waals surface area contributed by atoms with E-state index in [2.05, 4.69) is 30.1 Å². The maximum absolute atomic E-state index is 8.91. The number of aryl methyl sites for hydroxylation is 2. The number of rotatable bonds is 6. The Labute approximate surface area is 150 Å². The standard InChI is InChI=1S/C18H19N5OS/c1-4-15-18(24-14-8-6-13(10-19)7-9-14)16(5-2)23(22-15)11-17-21-20-12(3)25-17/h6-9H,4-5,11H2,1-3H3. The molecule has 128 valence electrons. The summed E-state index contributed by atoms with van der Waals surface area (Å²) in [7, 11) is 0. The Hall–Kier alpha value is -2.72. The Morgan fingerprint density at radius 3 is 2.48 bits per heavy atom. The second-order valence-corrected chi connectivity index (χ2v) is 6.81. The molecule has 0 spiro atoms. The lowest BCUT2D eigenvalue weighted by Crippen LogP contribution is -2.06. The summed E-state index contributed by atoms with van der Waals surface area (Å²) in [5.41, 5.74) is 2.57. The highest BCUT2D eigenvalue weighted by Crippen LogP contribution is 2.31. The van der Waals surface area contributed by atoms with Crippen molar-refractivity contribution in [3.8, 4) is 17.6 Å². The van der Waals surface area contributed by atoms with Gasteiger partial charge in [-0.05, 0) is 44.0 Å². The molecule has 0 fully saturated rings. The molecule has 1 aromatic carbocycles. The van der Waals surface area contributed by atoms with Crippen LogP contribution in [0.3, 0.4) is 0 Å². The number of nitriles is 1. The lowest BCUT2D eigenvalue weighted by molar-refractivity contribution is 0.469. The molecular formula is C18H19N5OS. The van der Waals surface area contributed by atoms with E-state index in [0.29, 0.717) is 17.9 Å². The average Bonchev–Trinajstić information content (AvgIpc) is 3.18. The molecule has 0 aliphatic heterocycles. The van der Waals surface area contributed by atoms with Gasteiger partial charge in [-0.1, -0.05) is 25.2 Å². The zero-order valence-electron chi connectivity index (χ0n) is 14.5. The summed E-state index contributed by atoms with van der Waals surface area (Å²) in [6, 6.07) is 9.23. The minimum atomic E-state index is 0.596. The van der Waals surface area contributed by atoms with E-state index in [0.717, 1.165) is 40.0 Å². The van der Waals surface area contributed by atoms with Crippen LogP contribution in [0.25, 0.3) is 0 Å². The van der Waals surface area contributed by atoms with Crippen LogP contribution in [-0.4, -0.2) is 20.0 Å². The first-order chi connectivity index (χ1) is 12.1. The topological polar surface area (TPSA) is 76.6 Å². The Bertz CT molecular complexity index is 905. The van der Waals surface area contributed by atoms with Crippen LogP contribution in [0.1, 0.15) is 40.8 Å². The first-order valence-corrected chi connectivity index (χ1v) is 9.01. The maximum Gasteiger partial charge on any atom is 0.171 e. The fourth-order valence-corrected chi connectivity index (χ4v) is 3.29. The highest BCUT2D eigenvalue weighted by molar-refractivity contribution is 7.11. The van der Waals surface area contributed by atoms with Crippen LogP contribution in [-0.2, 0) is 19.4 Å². The van der Waals surface area contributed by atoms with E-state index >= 15 is 0 Å². The molecule has 0 saturated heterocycles. The van der Waals surface area contributed by atoms with Crippen molar-refractivity contribution in [2.24, 2.45) is 0 Å². The fraction of sp³-hybridized carbons (Fsp3) is 0.333. The smallest absolute Gasteiger partial charge is 0.171 e. The molecule has 0 amide bonds. The summed E-state index contributed by atoms with van der Waals surface area (Å²) in [4.78, 5) is 0. The SMILES string of the molecule is CCc1nn(Cc2nnc(C)s2)c(CC)c1Oc1ccc(C#N)cc1. The summed E-state index contributed by atoms with van der Waals surface area (Å²) >= 11 is 1.58. The third kappa shape index (κ3) is 3.69. The van der Waals surface area contributed by atoms with Gasteiger partial charge in [0.1, 0.15) is 21.5 Å². The predicted molar refractivity (Wildman–Crippen MR) is 96.0 cm³/mol. The molecule has 3 aromatic rings. The van der Waals surface area contributed by atoms with Gasteiger partial charge in [0.15, 0.2) is 5.75 Å². The van der Waals surface area contributed by atoms with Crippen LogP contribution in [0.5, 0.6) is 11.5 Å². The van der Waals surface area contributed by atoms with Gasteiger partial charge in [0.25, 0.3) is 0 Å². The predicted octanol–water partition coefficient (Wildman–Crippen LogP) is 3.88. The van der Waals surface area contributed by atoms with Crippen molar-refractivity contribution in [1.82, 2.24) is 20.0 Å². The molecule has 25 heavy (non-hydrogen) atoms. The molecular weight excluding hydrogens is 334 g/mol. The monoisotopic (exact) mass is 353 g/mol. The molecule has 0 aliphatic rings. The molecule has 0 atom stereocenters. The molecule has 0 unspecified atom stereocenters. The Morgan fingerprint density at radius 2 is 1.92 bits per heavy atom. The van der Waals surface area contributed by atoms with Crippen LogP contribution in [0.2, 0.25) is 0 Å². The minimum Gasteiger partial charge on any atom is -0.453 e. The van der Waals surface area contributed by atoms with Gasteiger partial charge >= 0.3 is 0 Å². The lowest BCUT2D eigenvalue weighted by Gasteiger charge is -2.08. The zero-order valence-corrected chi connectivity index (χ0v) is 15.3. The van der Waals surface area contributed by atoms with Gasteiger partial charge in [-0.3, -0.25) is 4.68 Å². The van der Waals surface area contributed by atoms with E-state index in [1.165, 1.54) is 0 Å². The Balaban J connectivity index is 1.92. The molecule has 2 heterocycles. The summed E-state index contributed by atoms with van der Waals surface area (Å²) < 4.78 is 8.08. The van der Waals surface area contributed by atoms with Gasteiger partial charge in [0, 0.05) is 0 Å². The second kappa shape index (κ2) is 7.45. The fourth-order valence-electron chi connectivity index (χ4n) is 2.60. The van der Waals surface area contributed by atoms with Crippen molar-refractivity contribution in [3.63, 3.8) is 0 Å². The highest BCUT2D eigenvalue weighted by atomic mass is 32.1. The normalized spacial score (nSPS) is 10.6. The molecule has 0 saturated carbocycles. The van der Waals surface area contributed by atoms with Gasteiger partial charge in [-0.15, -0.1) is 10.2 Å². The molecule has 3 rings (SSSR count). The van der Waals surface area contributed by atoms with Gasteiger partial charge in [0.05, 0.1) is 23.9 Å². The third-order valence-corrected chi connectivity index (χ3v) is 4.63. The van der Waals surface area contributed by atoms with Crippen molar-refractivity contribution in [2.75, 3.05) is 0 Å². The summed E-state index contributed by atoms with van der Waals surface area (Å²) in [5, 5.41) is 23.8.